The molecule has 0 aliphatic rings. The Balaban J connectivity index is 1.50. The van der Waals surface area contributed by atoms with Gasteiger partial charge in [0.25, 0.3) is 5.91 Å². The van der Waals surface area contributed by atoms with Gasteiger partial charge in [-0.05, 0) is 50.1 Å². The first-order chi connectivity index (χ1) is 12.1. The Labute approximate surface area is 147 Å². The van der Waals surface area contributed by atoms with Gasteiger partial charge < -0.3 is 5.32 Å². The molecule has 6 nitrogen and oxygen atoms in total. The topological polar surface area (TPSA) is 64.7 Å². The fourth-order valence-corrected chi connectivity index (χ4v) is 2.83. The smallest absolute Gasteiger partial charge is 0.251 e. The van der Waals surface area contributed by atoms with Crippen LogP contribution in [0.5, 0.6) is 0 Å². The first-order valence-corrected chi connectivity index (χ1v) is 8.47. The number of nitrogens with zero attached hydrogens (tertiary/aromatic N) is 4. The Morgan fingerprint density at radius 3 is 2.80 bits per heavy atom. The summed E-state index contributed by atoms with van der Waals surface area (Å²) in [4.78, 5) is 12.3. The number of carbonyl (C=O) groups is 1. The van der Waals surface area contributed by atoms with Gasteiger partial charge in [-0.15, -0.1) is 0 Å². The molecule has 130 valence electrons. The molecule has 0 atom stereocenters. The van der Waals surface area contributed by atoms with E-state index in [2.05, 4.69) is 21.6 Å². The van der Waals surface area contributed by atoms with Crippen molar-refractivity contribution in [3.8, 4) is 0 Å². The number of benzene rings is 1. The van der Waals surface area contributed by atoms with Crippen LogP contribution < -0.4 is 5.32 Å². The summed E-state index contributed by atoms with van der Waals surface area (Å²) in [7, 11) is 0. The number of amides is 1. The molecular formula is C19H23N5O. The molecule has 3 rings (SSSR count). The molecule has 0 aliphatic heterocycles. The summed E-state index contributed by atoms with van der Waals surface area (Å²) in [6.45, 7) is 6.12. The predicted molar refractivity (Wildman–Crippen MR) is 96.4 cm³/mol. The molecule has 0 bridgehead atoms. The molecule has 0 fully saturated rings. The summed E-state index contributed by atoms with van der Waals surface area (Å²) >= 11 is 0. The SMILES string of the molecule is Cc1cc(C)n(CCCNC(=O)c2cccc(Cn3cccn3)c2)n1. The van der Waals surface area contributed by atoms with Crippen LogP contribution in [-0.2, 0) is 13.1 Å². The highest BCUT2D eigenvalue weighted by atomic mass is 16.1. The van der Waals surface area contributed by atoms with Crippen molar-refractivity contribution in [1.29, 1.82) is 0 Å². The molecule has 1 amide bonds. The minimum atomic E-state index is -0.0457. The van der Waals surface area contributed by atoms with Crippen LogP contribution >= 0.6 is 0 Å². The van der Waals surface area contributed by atoms with Crippen molar-refractivity contribution in [2.75, 3.05) is 6.54 Å². The molecule has 1 aromatic carbocycles. The first-order valence-electron chi connectivity index (χ1n) is 8.47. The van der Waals surface area contributed by atoms with Gasteiger partial charge in [0.1, 0.15) is 0 Å². The van der Waals surface area contributed by atoms with Crippen LogP contribution in [0.1, 0.15) is 33.7 Å². The fraction of sp³-hybridized carbons (Fsp3) is 0.316. The van der Waals surface area contributed by atoms with Gasteiger partial charge in [0.2, 0.25) is 0 Å². The highest BCUT2D eigenvalue weighted by Gasteiger charge is 2.07. The van der Waals surface area contributed by atoms with Gasteiger partial charge in [-0.1, -0.05) is 12.1 Å². The van der Waals surface area contributed by atoms with Crippen LogP contribution in [0.3, 0.4) is 0 Å². The standard InChI is InChI=1S/C19H23N5O/c1-15-12-16(2)24(22-15)11-4-8-20-19(25)18-7-3-6-17(13-18)14-23-10-5-9-21-23/h3,5-7,9-10,12-13H,4,8,11,14H2,1-2H3,(H,20,25). The molecule has 2 heterocycles. The van der Waals surface area contributed by atoms with E-state index in [0.717, 1.165) is 29.9 Å². The number of aryl methyl sites for hydroxylation is 3. The van der Waals surface area contributed by atoms with Crippen LogP contribution in [-0.4, -0.2) is 32.0 Å². The van der Waals surface area contributed by atoms with Gasteiger partial charge in [-0.2, -0.15) is 10.2 Å². The normalized spacial score (nSPS) is 10.8. The van der Waals surface area contributed by atoms with E-state index in [4.69, 9.17) is 0 Å². The van der Waals surface area contributed by atoms with E-state index in [0.29, 0.717) is 18.7 Å². The lowest BCUT2D eigenvalue weighted by atomic mass is 10.1. The summed E-state index contributed by atoms with van der Waals surface area (Å²) in [6.07, 6.45) is 4.51. The Kier molecular flexibility index (Phi) is 5.28. The maximum atomic E-state index is 12.3. The second-order valence-electron chi connectivity index (χ2n) is 6.16. The Bertz CT molecular complexity index is 835. The van der Waals surface area contributed by atoms with Crippen molar-refractivity contribution < 1.29 is 4.79 Å². The van der Waals surface area contributed by atoms with Crippen molar-refractivity contribution in [3.63, 3.8) is 0 Å². The molecule has 2 aromatic heterocycles. The lowest BCUT2D eigenvalue weighted by Gasteiger charge is -2.08. The first kappa shape index (κ1) is 17.0. The third-order valence-corrected chi connectivity index (χ3v) is 4.03. The number of aromatic nitrogens is 4. The second-order valence-corrected chi connectivity index (χ2v) is 6.16. The molecule has 3 aromatic rings. The van der Waals surface area contributed by atoms with E-state index in [-0.39, 0.29) is 5.91 Å². The lowest BCUT2D eigenvalue weighted by Crippen LogP contribution is -2.25. The Morgan fingerprint density at radius 2 is 2.08 bits per heavy atom. The average Bonchev–Trinajstić information content (AvgIpc) is 3.21. The van der Waals surface area contributed by atoms with E-state index >= 15 is 0 Å². The zero-order chi connectivity index (χ0) is 17.6. The molecule has 25 heavy (non-hydrogen) atoms. The molecule has 0 spiro atoms. The van der Waals surface area contributed by atoms with Gasteiger partial charge in [-0.3, -0.25) is 14.2 Å². The summed E-state index contributed by atoms with van der Waals surface area (Å²) in [5.74, 6) is -0.0457. The highest BCUT2D eigenvalue weighted by Crippen LogP contribution is 2.07. The molecule has 0 aliphatic carbocycles. The molecule has 6 heteroatoms. The fourth-order valence-electron chi connectivity index (χ4n) is 2.83. The number of rotatable bonds is 7. The minimum absolute atomic E-state index is 0.0457. The van der Waals surface area contributed by atoms with Crippen molar-refractivity contribution >= 4 is 5.91 Å². The van der Waals surface area contributed by atoms with Gasteiger partial charge in [-0.25, -0.2) is 0 Å². The summed E-state index contributed by atoms with van der Waals surface area (Å²) in [5, 5.41) is 11.6. The van der Waals surface area contributed by atoms with Crippen molar-refractivity contribution in [3.05, 3.63) is 71.3 Å². The average molecular weight is 337 g/mol. The van der Waals surface area contributed by atoms with Gasteiger partial charge in [0.15, 0.2) is 0 Å². The molecule has 0 radical (unpaired) electrons. The van der Waals surface area contributed by atoms with Crippen molar-refractivity contribution in [2.45, 2.75) is 33.4 Å². The Hall–Kier alpha value is -2.89. The van der Waals surface area contributed by atoms with Gasteiger partial charge >= 0.3 is 0 Å². The monoisotopic (exact) mass is 337 g/mol. The minimum Gasteiger partial charge on any atom is -0.352 e. The molecular weight excluding hydrogens is 314 g/mol. The van der Waals surface area contributed by atoms with E-state index in [1.807, 2.05) is 59.7 Å². The number of hydrogen-bond acceptors (Lipinski definition) is 3. The third kappa shape index (κ3) is 4.56. The molecule has 1 N–H and O–H groups in total. The lowest BCUT2D eigenvalue weighted by molar-refractivity contribution is 0.0952. The highest BCUT2D eigenvalue weighted by molar-refractivity contribution is 5.94. The molecule has 0 unspecified atom stereocenters. The van der Waals surface area contributed by atoms with Crippen LogP contribution in [0.15, 0.2) is 48.8 Å². The van der Waals surface area contributed by atoms with E-state index in [1.54, 1.807) is 6.20 Å². The zero-order valence-electron chi connectivity index (χ0n) is 14.6. The van der Waals surface area contributed by atoms with Gasteiger partial charge in [0.05, 0.1) is 12.2 Å². The maximum absolute atomic E-state index is 12.3. The zero-order valence-corrected chi connectivity index (χ0v) is 14.6. The van der Waals surface area contributed by atoms with Crippen LogP contribution in [0, 0.1) is 13.8 Å². The molecule has 0 saturated heterocycles. The van der Waals surface area contributed by atoms with Gasteiger partial charge in [0, 0.05) is 36.7 Å². The maximum Gasteiger partial charge on any atom is 0.251 e. The predicted octanol–water partition coefficient (Wildman–Crippen LogP) is 2.56. The quantitative estimate of drug-likeness (QED) is 0.674. The number of hydrogen-bond donors (Lipinski definition) is 1. The third-order valence-electron chi connectivity index (χ3n) is 4.03. The summed E-state index contributed by atoms with van der Waals surface area (Å²) in [5.41, 5.74) is 3.90. The van der Waals surface area contributed by atoms with Crippen LogP contribution in [0.25, 0.3) is 0 Å². The van der Waals surface area contributed by atoms with Crippen LogP contribution in [0.4, 0.5) is 0 Å². The molecule has 0 saturated carbocycles. The Morgan fingerprint density at radius 1 is 1.20 bits per heavy atom. The van der Waals surface area contributed by atoms with Crippen LogP contribution in [0.2, 0.25) is 0 Å². The number of nitrogens with one attached hydrogen (secondary N) is 1. The van der Waals surface area contributed by atoms with Crippen molar-refractivity contribution in [2.24, 2.45) is 0 Å². The second kappa shape index (κ2) is 7.79. The number of carbonyl (C=O) groups excluding carboxylic acids is 1. The van der Waals surface area contributed by atoms with Crippen molar-refractivity contribution in [1.82, 2.24) is 24.9 Å². The largest absolute Gasteiger partial charge is 0.352 e. The van der Waals surface area contributed by atoms with E-state index < -0.39 is 0 Å². The van der Waals surface area contributed by atoms with E-state index in [9.17, 15) is 4.79 Å². The van der Waals surface area contributed by atoms with E-state index in [1.165, 1.54) is 0 Å². The summed E-state index contributed by atoms with van der Waals surface area (Å²) < 4.78 is 3.82. The summed E-state index contributed by atoms with van der Waals surface area (Å²) in [6, 6.07) is 11.6.